The van der Waals surface area contributed by atoms with E-state index in [2.05, 4.69) is 11.5 Å². The van der Waals surface area contributed by atoms with Crippen molar-refractivity contribution in [1.29, 1.82) is 0 Å². The van der Waals surface area contributed by atoms with Crippen molar-refractivity contribution in [2.75, 3.05) is 73.4 Å². The molecule has 1 aliphatic rings. The van der Waals surface area contributed by atoms with Gasteiger partial charge in [0.15, 0.2) is 0 Å². The number of amides is 1. The lowest BCUT2D eigenvalue weighted by atomic mass is 10.1. The monoisotopic (exact) mass is 422 g/mol. The summed E-state index contributed by atoms with van der Waals surface area (Å²) in [4.78, 5) is 16.9. The molecule has 1 N–H and O–H groups in total. The van der Waals surface area contributed by atoms with Crippen LogP contribution in [-0.4, -0.2) is 106 Å². The Morgan fingerprint density at radius 3 is 2.83 bits per heavy atom. The number of methoxy groups -OCH3 is 2. The summed E-state index contributed by atoms with van der Waals surface area (Å²) in [5.41, 5.74) is 0.592. The van der Waals surface area contributed by atoms with Gasteiger partial charge >= 0.3 is 0 Å². The summed E-state index contributed by atoms with van der Waals surface area (Å²) in [6, 6.07) is 7.07. The van der Waals surface area contributed by atoms with Gasteiger partial charge in [-0.25, -0.2) is 0 Å². The van der Waals surface area contributed by atoms with Gasteiger partial charge in [0, 0.05) is 45.4 Å². The van der Waals surface area contributed by atoms with Crippen LogP contribution in [0.4, 0.5) is 0 Å². The van der Waals surface area contributed by atoms with Crippen molar-refractivity contribution in [1.82, 2.24) is 9.80 Å². The third-order valence-electron chi connectivity index (χ3n) is 4.85. The van der Waals surface area contributed by atoms with Crippen LogP contribution in [0.2, 0.25) is 0 Å². The second-order valence-electron chi connectivity index (χ2n) is 7.20. The van der Waals surface area contributed by atoms with E-state index < -0.39 is 6.10 Å². The second kappa shape index (κ2) is 13.4. The highest BCUT2D eigenvalue weighted by Crippen LogP contribution is 2.15. The van der Waals surface area contributed by atoms with Crippen LogP contribution < -0.4 is 4.74 Å². The van der Waals surface area contributed by atoms with E-state index >= 15 is 0 Å². The summed E-state index contributed by atoms with van der Waals surface area (Å²) in [5.74, 6) is 0.630. The fourth-order valence-corrected chi connectivity index (χ4v) is 3.33. The summed E-state index contributed by atoms with van der Waals surface area (Å²) in [7, 11) is 3.21. The molecule has 2 atom stereocenters. The lowest BCUT2D eigenvalue weighted by molar-refractivity contribution is -0.0585. The molecule has 168 valence electrons. The van der Waals surface area contributed by atoms with Gasteiger partial charge in [-0.15, -0.1) is 6.58 Å². The summed E-state index contributed by atoms with van der Waals surface area (Å²) >= 11 is 0. The molecule has 1 saturated heterocycles. The Morgan fingerprint density at radius 2 is 2.17 bits per heavy atom. The van der Waals surface area contributed by atoms with Crippen molar-refractivity contribution in [3.8, 4) is 5.75 Å². The molecular weight excluding hydrogens is 388 g/mol. The van der Waals surface area contributed by atoms with Crippen LogP contribution in [0.25, 0.3) is 0 Å². The lowest BCUT2D eigenvalue weighted by Gasteiger charge is -2.36. The topological polar surface area (TPSA) is 80.7 Å². The maximum Gasteiger partial charge on any atom is 0.254 e. The SMILES string of the molecule is C=CCOCC(O)CN1CCOC(CN(CCOC)C(=O)c2ccc(OC)cc2)C1. The van der Waals surface area contributed by atoms with E-state index in [-0.39, 0.29) is 18.6 Å². The van der Waals surface area contributed by atoms with Crippen LogP contribution in [0, 0.1) is 0 Å². The maximum absolute atomic E-state index is 13.0. The highest BCUT2D eigenvalue weighted by atomic mass is 16.5. The number of hydrogen-bond donors (Lipinski definition) is 1. The van der Waals surface area contributed by atoms with Gasteiger partial charge in [-0.1, -0.05) is 6.08 Å². The van der Waals surface area contributed by atoms with E-state index in [1.165, 1.54) is 0 Å². The minimum Gasteiger partial charge on any atom is -0.497 e. The minimum absolute atomic E-state index is 0.0757. The lowest BCUT2D eigenvalue weighted by Crippen LogP contribution is -2.51. The summed E-state index contributed by atoms with van der Waals surface area (Å²) in [6.07, 6.45) is 0.944. The zero-order chi connectivity index (χ0) is 21.8. The number of carbonyl (C=O) groups excluding carboxylic acids is 1. The number of aliphatic hydroxyl groups is 1. The van der Waals surface area contributed by atoms with Gasteiger partial charge in [0.2, 0.25) is 0 Å². The first-order chi connectivity index (χ1) is 14.6. The van der Waals surface area contributed by atoms with Gasteiger partial charge in [0.05, 0.1) is 45.7 Å². The summed E-state index contributed by atoms with van der Waals surface area (Å²) in [5, 5.41) is 10.2. The average molecular weight is 423 g/mol. The first-order valence-electron chi connectivity index (χ1n) is 10.2. The molecule has 0 aliphatic carbocycles. The highest BCUT2D eigenvalue weighted by Gasteiger charge is 2.26. The predicted molar refractivity (Wildman–Crippen MR) is 114 cm³/mol. The Hall–Kier alpha value is -1.97. The minimum atomic E-state index is -0.575. The molecule has 8 heteroatoms. The number of aliphatic hydroxyl groups excluding tert-OH is 1. The van der Waals surface area contributed by atoms with Gasteiger partial charge in [0.1, 0.15) is 5.75 Å². The van der Waals surface area contributed by atoms with Crippen LogP contribution >= 0.6 is 0 Å². The number of nitrogens with zero attached hydrogens (tertiary/aromatic N) is 2. The molecule has 0 radical (unpaired) electrons. The molecule has 2 rings (SSSR count). The van der Waals surface area contributed by atoms with Crippen LogP contribution in [0.1, 0.15) is 10.4 Å². The fraction of sp³-hybridized carbons (Fsp3) is 0.591. The first kappa shape index (κ1) is 24.3. The molecular formula is C22H34N2O6. The Balaban J connectivity index is 1.93. The maximum atomic E-state index is 13.0. The van der Waals surface area contributed by atoms with E-state index in [0.717, 1.165) is 6.54 Å². The van der Waals surface area contributed by atoms with Crippen molar-refractivity contribution in [3.05, 3.63) is 42.5 Å². The largest absolute Gasteiger partial charge is 0.497 e. The van der Waals surface area contributed by atoms with Crippen LogP contribution in [0.5, 0.6) is 5.75 Å². The van der Waals surface area contributed by atoms with Crippen LogP contribution in [0.15, 0.2) is 36.9 Å². The summed E-state index contributed by atoms with van der Waals surface area (Å²) < 4.78 is 21.6. The number of ether oxygens (including phenoxy) is 4. The Labute approximate surface area is 179 Å². The first-order valence-corrected chi connectivity index (χ1v) is 10.2. The molecule has 1 amide bonds. The molecule has 1 aromatic rings. The van der Waals surface area contributed by atoms with Crippen molar-refractivity contribution in [2.24, 2.45) is 0 Å². The quantitative estimate of drug-likeness (QED) is 0.376. The van der Waals surface area contributed by atoms with E-state index in [4.69, 9.17) is 18.9 Å². The zero-order valence-electron chi connectivity index (χ0n) is 18.0. The molecule has 0 saturated carbocycles. The van der Waals surface area contributed by atoms with Gasteiger partial charge in [-0.05, 0) is 24.3 Å². The standard InChI is InChI=1S/C22H34N2O6/c1-4-11-29-17-19(25)14-23-9-13-30-21(15-23)16-24(10-12-27-2)22(26)18-5-7-20(28-3)8-6-18/h4-8,19,21,25H,1,9-17H2,2-3H3. The molecule has 1 heterocycles. The van der Waals surface area contributed by atoms with Gasteiger partial charge in [0.25, 0.3) is 5.91 Å². The number of benzene rings is 1. The van der Waals surface area contributed by atoms with E-state index in [0.29, 0.717) is 57.3 Å². The van der Waals surface area contributed by atoms with Crippen molar-refractivity contribution in [2.45, 2.75) is 12.2 Å². The Bertz CT molecular complexity index is 639. The number of morpholine rings is 1. The number of rotatable bonds is 13. The van der Waals surface area contributed by atoms with Gasteiger partial charge < -0.3 is 29.0 Å². The number of β-amino-alcohol motifs (C(OH)–C–C–N with tert-alkyl or cyclic N) is 1. The van der Waals surface area contributed by atoms with Crippen LogP contribution in [0.3, 0.4) is 0 Å². The fourth-order valence-electron chi connectivity index (χ4n) is 3.33. The molecule has 2 unspecified atom stereocenters. The van der Waals surface area contributed by atoms with Crippen molar-refractivity contribution < 1.29 is 28.8 Å². The molecule has 0 bridgehead atoms. The predicted octanol–water partition coefficient (Wildman–Crippen LogP) is 1.05. The van der Waals surface area contributed by atoms with E-state index in [1.807, 2.05) is 0 Å². The van der Waals surface area contributed by atoms with Crippen molar-refractivity contribution in [3.63, 3.8) is 0 Å². The molecule has 30 heavy (non-hydrogen) atoms. The van der Waals surface area contributed by atoms with Gasteiger partial charge in [-0.2, -0.15) is 0 Å². The number of carbonyl (C=O) groups is 1. The second-order valence-corrected chi connectivity index (χ2v) is 7.20. The molecule has 1 aromatic carbocycles. The Kier molecular flexibility index (Phi) is 10.8. The molecule has 0 aromatic heterocycles. The molecule has 0 spiro atoms. The summed E-state index contributed by atoms with van der Waals surface area (Å²) in [6.45, 7) is 8.08. The highest BCUT2D eigenvalue weighted by molar-refractivity contribution is 5.94. The van der Waals surface area contributed by atoms with Gasteiger partial charge in [-0.3, -0.25) is 9.69 Å². The zero-order valence-corrected chi connectivity index (χ0v) is 18.0. The smallest absolute Gasteiger partial charge is 0.254 e. The number of hydrogen-bond acceptors (Lipinski definition) is 7. The van der Waals surface area contributed by atoms with Crippen LogP contribution in [-0.2, 0) is 14.2 Å². The van der Waals surface area contributed by atoms with Crippen molar-refractivity contribution >= 4 is 5.91 Å². The normalized spacial score (nSPS) is 18.0. The van der Waals surface area contributed by atoms with E-state index in [9.17, 15) is 9.90 Å². The molecule has 8 nitrogen and oxygen atoms in total. The molecule has 1 aliphatic heterocycles. The third kappa shape index (κ3) is 8.04. The molecule has 1 fully saturated rings. The Morgan fingerprint density at radius 1 is 1.40 bits per heavy atom. The van der Waals surface area contributed by atoms with E-state index in [1.54, 1.807) is 49.5 Å². The third-order valence-corrected chi connectivity index (χ3v) is 4.85. The average Bonchev–Trinajstić information content (AvgIpc) is 2.76.